The average Bonchev–Trinajstić information content (AvgIpc) is 2.38. The third kappa shape index (κ3) is 1.80. The highest BCUT2D eigenvalue weighted by molar-refractivity contribution is 5.93. The molecule has 2 heteroatoms. The molecule has 0 aliphatic carbocycles. The van der Waals surface area contributed by atoms with Crippen LogP contribution in [0.5, 0.6) is 0 Å². The number of hydrogen-bond acceptors (Lipinski definition) is 0. The largest absolute Gasteiger partial charge is 1.00 e. The summed E-state index contributed by atoms with van der Waals surface area (Å²) in [5, 5.41) is 1.59. The molecule has 1 aromatic heterocycles. The van der Waals surface area contributed by atoms with E-state index in [1.165, 1.54) is 0 Å². The number of nitrogens with zero attached hydrogens (tertiary/aromatic N) is 1. The maximum absolute atomic E-state index is 7.83. The van der Waals surface area contributed by atoms with Crippen molar-refractivity contribution in [3.8, 4) is 0 Å². The number of benzene rings is 2. The topological polar surface area (TPSA) is 3.88 Å². The lowest BCUT2D eigenvalue weighted by atomic mass is 10.0. The van der Waals surface area contributed by atoms with Crippen molar-refractivity contribution in [3.05, 3.63) is 54.1 Å². The van der Waals surface area contributed by atoms with E-state index in [0.717, 1.165) is 21.8 Å². The van der Waals surface area contributed by atoms with Crippen molar-refractivity contribution in [2.45, 2.75) is 6.85 Å². The Morgan fingerprint density at radius 2 is 1.35 bits per heavy atom. The lowest BCUT2D eigenvalue weighted by Gasteiger charge is -2.05. The molecule has 0 saturated heterocycles. The van der Waals surface area contributed by atoms with Gasteiger partial charge in [-0.05, 0) is 24.5 Å². The first-order valence-corrected chi connectivity index (χ1v) is 5.30. The van der Waals surface area contributed by atoms with Gasteiger partial charge in [0.2, 0.25) is 11.0 Å². The molecule has 17 heavy (non-hydrogen) atoms. The summed E-state index contributed by atoms with van der Waals surface area (Å²) in [4.78, 5) is 0. The van der Waals surface area contributed by atoms with E-state index in [2.05, 4.69) is 0 Å². The molecule has 3 aromatic rings. The Labute approximate surface area is 122 Å². The number of rotatable bonds is 0. The number of para-hydroxylation sites is 2. The molecule has 0 spiro atoms. The second-order valence-electron chi connectivity index (χ2n) is 3.97. The second kappa shape index (κ2) is 4.61. The van der Waals surface area contributed by atoms with E-state index in [-0.39, 0.29) is 24.0 Å². The van der Waals surface area contributed by atoms with Gasteiger partial charge in [-0.1, -0.05) is 24.3 Å². The summed E-state index contributed by atoms with van der Waals surface area (Å²) < 4.78 is 25.5. The number of aryl methyl sites for hydroxylation is 2. The van der Waals surface area contributed by atoms with Crippen LogP contribution in [0.2, 0.25) is 0 Å². The third-order valence-electron chi connectivity index (χ3n) is 3.07. The highest BCUT2D eigenvalue weighted by Crippen LogP contribution is 2.22. The van der Waals surface area contributed by atoms with Gasteiger partial charge in [-0.15, -0.1) is 0 Å². The average molecular weight is 338 g/mol. The van der Waals surface area contributed by atoms with Gasteiger partial charge in [0.25, 0.3) is 0 Å². The fourth-order valence-corrected chi connectivity index (χ4v) is 2.23. The molecule has 0 aliphatic rings. The molecule has 1 heterocycles. The number of fused-ring (bicyclic) bond motifs is 2. The van der Waals surface area contributed by atoms with Crippen molar-refractivity contribution in [1.82, 2.24) is 0 Å². The highest BCUT2D eigenvalue weighted by atomic mass is 127. The van der Waals surface area contributed by atoms with E-state index in [0.29, 0.717) is 5.56 Å². The summed E-state index contributed by atoms with van der Waals surface area (Å²) in [6.45, 7) is -2.12. The summed E-state index contributed by atoms with van der Waals surface area (Å²) in [6.07, 6.45) is 0. The van der Waals surface area contributed by atoms with Crippen LogP contribution >= 0.6 is 0 Å². The van der Waals surface area contributed by atoms with Gasteiger partial charge in [-0.3, -0.25) is 0 Å². The molecule has 1 nitrogen and oxygen atoms in total. The van der Waals surface area contributed by atoms with Gasteiger partial charge in [0, 0.05) is 27.0 Å². The minimum atomic E-state index is -2.12. The van der Waals surface area contributed by atoms with Crippen molar-refractivity contribution in [2.24, 2.45) is 7.05 Å². The minimum absolute atomic E-state index is 0. The molecule has 0 amide bonds. The summed E-state index contributed by atoms with van der Waals surface area (Å²) in [5.41, 5.74) is 2.32. The molecular formula is C15H14IN. The molecule has 0 unspecified atom stereocenters. The Morgan fingerprint density at radius 3 is 1.82 bits per heavy atom. The smallest absolute Gasteiger partial charge is 0.213 e. The normalized spacial score (nSPS) is 13.8. The lowest BCUT2D eigenvalue weighted by molar-refractivity contribution is -0.617. The van der Waals surface area contributed by atoms with Crippen LogP contribution in [0.1, 0.15) is 9.68 Å². The highest BCUT2D eigenvalue weighted by Gasteiger charge is 2.13. The van der Waals surface area contributed by atoms with Gasteiger partial charge < -0.3 is 24.0 Å². The van der Waals surface area contributed by atoms with Gasteiger partial charge >= 0.3 is 0 Å². The van der Waals surface area contributed by atoms with E-state index in [9.17, 15) is 0 Å². The van der Waals surface area contributed by atoms with Gasteiger partial charge in [-0.2, -0.15) is 4.57 Å². The number of hydrogen-bond donors (Lipinski definition) is 0. The van der Waals surface area contributed by atoms with E-state index in [1.807, 2.05) is 60.1 Å². The first-order chi connectivity index (χ1) is 9.00. The summed E-state index contributed by atoms with van der Waals surface area (Å²) in [5.74, 6) is 0. The van der Waals surface area contributed by atoms with Gasteiger partial charge in [0.05, 0.1) is 0 Å². The zero-order valence-corrected chi connectivity index (χ0v) is 11.6. The Morgan fingerprint density at radius 1 is 0.882 bits per heavy atom. The Kier molecular flexibility index (Phi) is 2.40. The predicted octanol–water partition coefficient (Wildman–Crippen LogP) is 0.130. The number of aromatic nitrogens is 1. The van der Waals surface area contributed by atoms with Crippen LogP contribution in [0, 0.1) is 6.85 Å². The molecule has 2 aromatic carbocycles. The fourth-order valence-electron chi connectivity index (χ4n) is 2.23. The summed E-state index contributed by atoms with van der Waals surface area (Å²) in [6, 6.07) is 15.3. The van der Waals surface area contributed by atoms with E-state index < -0.39 is 6.85 Å². The molecular weight excluding hydrogens is 321 g/mol. The maximum Gasteiger partial charge on any atom is 0.213 e. The van der Waals surface area contributed by atoms with Gasteiger partial charge in [0.15, 0.2) is 0 Å². The van der Waals surface area contributed by atoms with Crippen molar-refractivity contribution in [1.29, 1.82) is 0 Å². The molecule has 3 rings (SSSR count). The Balaban J connectivity index is 0.00000147. The van der Waals surface area contributed by atoms with Crippen molar-refractivity contribution >= 4 is 21.8 Å². The van der Waals surface area contributed by atoms with Crippen molar-refractivity contribution in [3.63, 3.8) is 0 Å². The van der Waals surface area contributed by atoms with Crippen molar-refractivity contribution in [2.75, 3.05) is 0 Å². The van der Waals surface area contributed by atoms with Crippen LogP contribution in [0.3, 0.4) is 0 Å². The predicted molar refractivity (Wildman–Crippen MR) is 67.4 cm³/mol. The summed E-state index contributed by atoms with van der Waals surface area (Å²) in [7, 11) is 1.97. The molecule has 0 N–H and O–H groups in total. The van der Waals surface area contributed by atoms with Crippen molar-refractivity contribution < 1.29 is 32.7 Å². The van der Waals surface area contributed by atoms with E-state index in [4.69, 9.17) is 4.11 Å². The van der Waals surface area contributed by atoms with Crippen LogP contribution in [-0.4, -0.2) is 0 Å². The molecule has 0 atom stereocenters. The standard InChI is InChI=1S/C15H14N.HI/c1-11-12-7-3-5-9-14(12)16(2)15-10-6-4-8-13(11)15;/h3-10H,1-2H3;1H/q+1;/p-1/i1D3;. The number of halogens is 1. The quantitative estimate of drug-likeness (QED) is 0.312. The van der Waals surface area contributed by atoms with Crippen LogP contribution in [0.4, 0.5) is 0 Å². The zero-order chi connectivity index (χ0) is 13.6. The molecule has 86 valence electrons. The Bertz CT molecular complexity index is 724. The molecule has 0 radical (unpaired) electrons. The Hall–Kier alpha value is -1.16. The fraction of sp³-hybridized carbons (Fsp3) is 0.133. The first-order valence-electron chi connectivity index (χ1n) is 6.80. The third-order valence-corrected chi connectivity index (χ3v) is 3.07. The van der Waals surface area contributed by atoms with Crippen LogP contribution in [-0.2, 0) is 7.05 Å². The number of pyridine rings is 1. The monoisotopic (exact) mass is 338 g/mol. The molecule has 0 bridgehead atoms. The maximum atomic E-state index is 7.83. The van der Waals surface area contributed by atoms with E-state index in [1.54, 1.807) is 0 Å². The second-order valence-corrected chi connectivity index (χ2v) is 3.97. The van der Waals surface area contributed by atoms with Gasteiger partial charge in [-0.25, -0.2) is 0 Å². The molecule has 0 saturated carbocycles. The SMILES string of the molecule is [2H]C([2H])([2H])c1c2ccccc2[n+](C)c2ccccc12.[I-]. The summed E-state index contributed by atoms with van der Waals surface area (Å²) >= 11 is 0. The van der Waals surface area contributed by atoms with Gasteiger partial charge in [0.1, 0.15) is 7.05 Å². The van der Waals surface area contributed by atoms with Crippen LogP contribution in [0.25, 0.3) is 21.8 Å². The van der Waals surface area contributed by atoms with Crippen LogP contribution < -0.4 is 28.5 Å². The van der Waals surface area contributed by atoms with Crippen LogP contribution in [0.15, 0.2) is 48.5 Å². The lowest BCUT2D eigenvalue weighted by Crippen LogP contribution is -3.00. The van der Waals surface area contributed by atoms with E-state index >= 15 is 0 Å². The molecule has 0 aliphatic heterocycles. The zero-order valence-electron chi connectivity index (χ0n) is 12.4. The molecule has 0 fully saturated rings. The first kappa shape index (κ1) is 8.86. The minimum Gasteiger partial charge on any atom is -1.00 e.